The zero-order valence-electron chi connectivity index (χ0n) is 13.5. The van der Waals surface area contributed by atoms with Crippen molar-refractivity contribution in [3.05, 3.63) is 77.4 Å². The molecular formula is C20H18N2O3. The fraction of sp³-hybridized carbons (Fsp3) is 0.100. The number of hydrogen-bond acceptors (Lipinski definition) is 3. The Morgan fingerprint density at radius 2 is 1.80 bits per heavy atom. The van der Waals surface area contributed by atoms with Gasteiger partial charge in [-0.3, -0.25) is 4.79 Å². The van der Waals surface area contributed by atoms with E-state index in [1.165, 1.54) is 0 Å². The third-order valence-corrected chi connectivity index (χ3v) is 3.36. The Kier molecular flexibility index (Phi) is 6.52. The van der Waals surface area contributed by atoms with Gasteiger partial charge >= 0.3 is 5.97 Å². The average molecular weight is 334 g/mol. The van der Waals surface area contributed by atoms with E-state index in [-0.39, 0.29) is 6.54 Å². The molecule has 126 valence electrons. The molecule has 0 aliphatic rings. The minimum atomic E-state index is -1.16. The molecule has 0 saturated carbocycles. The summed E-state index contributed by atoms with van der Waals surface area (Å²) < 4.78 is 0. The van der Waals surface area contributed by atoms with Crippen LogP contribution in [0.5, 0.6) is 0 Å². The standard InChI is InChI=1S/C20H18N2O3/c21-14-18(20(24)25)22-19(23)17-12-10-16(11-13-17)9-5-4-8-15-6-2-1-3-7-15/h1-4,6-8,10-13,18H,14,21H2,(H,22,23)(H,24,25)/b8-4+/t18-/m0/s1. The van der Waals surface area contributed by atoms with Crippen LogP contribution in [0.4, 0.5) is 0 Å². The van der Waals surface area contributed by atoms with Crippen molar-refractivity contribution in [2.45, 2.75) is 6.04 Å². The number of nitrogens with one attached hydrogen (secondary N) is 1. The van der Waals surface area contributed by atoms with E-state index in [2.05, 4.69) is 17.2 Å². The van der Waals surface area contributed by atoms with Gasteiger partial charge in [0.05, 0.1) is 0 Å². The first-order valence-corrected chi connectivity index (χ1v) is 7.67. The molecule has 5 nitrogen and oxygen atoms in total. The maximum atomic E-state index is 12.0. The van der Waals surface area contributed by atoms with Crippen molar-refractivity contribution >= 4 is 18.0 Å². The third-order valence-electron chi connectivity index (χ3n) is 3.36. The highest BCUT2D eigenvalue weighted by molar-refractivity contribution is 5.96. The van der Waals surface area contributed by atoms with Crippen molar-refractivity contribution in [3.8, 4) is 11.8 Å². The number of carbonyl (C=O) groups excluding carboxylic acids is 1. The van der Waals surface area contributed by atoms with Gasteiger partial charge in [-0.15, -0.1) is 0 Å². The summed E-state index contributed by atoms with van der Waals surface area (Å²) >= 11 is 0. The van der Waals surface area contributed by atoms with Crippen molar-refractivity contribution in [2.24, 2.45) is 5.73 Å². The molecule has 0 spiro atoms. The summed E-state index contributed by atoms with van der Waals surface area (Å²) in [6.07, 6.45) is 3.67. The summed E-state index contributed by atoms with van der Waals surface area (Å²) in [6, 6.07) is 15.3. The summed E-state index contributed by atoms with van der Waals surface area (Å²) in [7, 11) is 0. The lowest BCUT2D eigenvalue weighted by Gasteiger charge is -2.11. The van der Waals surface area contributed by atoms with E-state index in [0.29, 0.717) is 5.56 Å². The molecule has 0 aliphatic heterocycles. The molecule has 0 radical (unpaired) electrons. The zero-order chi connectivity index (χ0) is 18.1. The maximum absolute atomic E-state index is 12.0. The summed E-state index contributed by atoms with van der Waals surface area (Å²) in [5, 5.41) is 11.3. The Labute approximate surface area is 146 Å². The van der Waals surface area contributed by atoms with E-state index in [1.54, 1.807) is 30.3 Å². The summed E-state index contributed by atoms with van der Waals surface area (Å²) in [4.78, 5) is 22.9. The van der Waals surface area contributed by atoms with Crippen LogP contribution in [0.25, 0.3) is 6.08 Å². The van der Waals surface area contributed by atoms with Gasteiger partial charge < -0.3 is 16.2 Å². The van der Waals surface area contributed by atoms with Crippen LogP contribution in [-0.4, -0.2) is 29.6 Å². The van der Waals surface area contributed by atoms with Crippen molar-refractivity contribution in [1.29, 1.82) is 0 Å². The summed E-state index contributed by atoms with van der Waals surface area (Å²) in [5.41, 5.74) is 7.48. The molecule has 0 aliphatic carbocycles. The molecule has 0 bridgehead atoms. The number of hydrogen-bond donors (Lipinski definition) is 3. The lowest BCUT2D eigenvalue weighted by molar-refractivity contribution is -0.138. The van der Waals surface area contributed by atoms with E-state index in [0.717, 1.165) is 11.1 Å². The number of carbonyl (C=O) groups is 2. The molecule has 0 heterocycles. The fourth-order valence-corrected chi connectivity index (χ4v) is 2.00. The first-order valence-electron chi connectivity index (χ1n) is 7.67. The van der Waals surface area contributed by atoms with Gasteiger partial charge in [0.2, 0.25) is 0 Å². The third kappa shape index (κ3) is 5.65. The van der Waals surface area contributed by atoms with Crippen LogP contribution >= 0.6 is 0 Å². The molecular weight excluding hydrogens is 316 g/mol. The monoisotopic (exact) mass is 334 g/mol. The molecule has 4 N–H and O–H groups in total. The van der Waals surface area contributed by atoms with Crippen LogP contribution in [0.15, 0.2) is 60.7 Å². The van der Waals surface area contributed by atoms with E-state index < -0.39 is 17.9 Å². The Morgan fingerprint density at radius 3 is 2.40 bits per heavy atom. The smallest absolute Gasteiger partial charge is 0.327 e. The quantitative estimate of drug-likeness (QED) is 0.728. The minimum Gasteiger partial charge on any atom is -0.480 e. The minimum absolute atomic E-state index is 0.168. The second-order valence-corrected chi connectivity index (χ2v) is 5.19. The Morgan fingerprint density at radius 1 is 1.12 bits per heavy atom. The largest absolute Gasteiger partial charge is 0.480 e. The van der Waals surface area contributed by atoms with E-state index in [4.69, 9.17) is 10.8 Å². The Balaban J connectivity index is 1.98. The molecule has 0 fully saturated rings. The van der Waals surface area contributed by atoms with Crippen LogP contribution in [0, 0.1) is 11.8 Å². The number of carboxylic acids is 1. The predicted octanol–water partition coefficient (Wildman–Crippen LogP) is 1.89. The highest BCUT2D eigenvalue weighted by Crippen LogP contribution is 2.04. The number of carboxylic acid groups (broad SMARTS) is 1. The molecule has 0 unspecified atom stereocenters. The van der Waals surface area contributed by atoms with Gasteiger partial charge in [-0.25, -0.2) is 4.79 Å². The summed E-state index contributed by atoms with van der Waals surface area (Å²) in [5.74, 6) is 4.25. The van der Waals surface area contributed by atoms with Gasteiger partial charge in [-0.05, 0) is 42.0 Å². The highest BCUT2D eigenvalue weighted by atomic mass is 16.4. The first-order chi connectivity index (χ1) is 12.1. The summed E-state index contributed by atoms with van der Waals surface area (Å²) in [6.45, 7) is -0.168. The van der Waals surface area contributed by atoms with Gasteiger partial charge in [0.25, 0.3) is 5.91 Å². The second-order valence-electron chi connectivity index (χ2n) is 5.19. The SMILES string of the molecule is NC[C@H](NC(=O)c1ccc(C#C/C=C/c2ccccc2)cc1)C(=O)O. The fourth-order valence-electron chi connectivity index (χ4n) is 2.00. The van der Waals surface area contributed by atoms with Crippen molar-refractivity contribution < 1.29 is 14.7 Å². The average Bonchev–Trinajstić information content (AvgIpc) is 2.64. The topological polar surface area (TPSA) is 92.4 Å². The molecule has 1 atom stereocenters. The molecule has 2 aromatic carbocycles. The first kappa shape index (κ1) is 18.0. The van der Waals surface area contributed by atoms with Crippen LogP contribution in [0.2, 0.25) is 0 Å². The van der Waals surface area contributed by atoms with Crippen LogP contribution in [-0.2, 0) is 4.79 Å². The maximum Gasteiger partial charge on any atom is 0.327 e. The van der Waals surface area contributed by atoms with Crippen molar-refractivity contribution in [2.75, 3.05) is 6.54 Å². The van der Waals surface area contributed by atoms with Gasteiger partial charge in [-0.2, -0.15) is 0 Å². The molecule has 2 aromatic rings. The molecule has 25 heavy (non-hydrogen) atoms. The van der Waals surface area contributed by atoms with Crippen LogP contribution in [0.1, 0.15) is 21.5 Å². The van der Waals surface area contributed by atoms with E-state index in [9.17, 15) is 9.59 Å². The molecule has 1 amide bonds. The Bertz CT molecular complexity index is 816. The van der Waals surface area contributed by atoms with Crippen molar-refractivity contribution in [3.63, 3.8) is 0 Å². The lowest BCUT2D eigenvalue weighted by Crippen LogP contribution is -2.45. The zero-order valence-corrected chi connectivity index (χ0v) is 13.5. The molecule has 0 saturated heterocycles. The number of benzene rings is 2. The normalized spacial score (nSPS) is 11.4. The molecule has 5 heteroatoms. The lowest BCUT2D eigenvalue weighted by atomic mass is 10.1. The predicted molar refractivity (Wildman–Crippen MR) is 96.7 cm³/mol. The number of rotatable bonds is 5. The number of aliphatic carboxylic acids is 1. The van der Waals surface area contributed by atoms with Crippen LogP contribution in [0.3, 0.4) is 0 Å². The number of allylic oxidation sites excluding steroid dienone is 1. The Hall–Kier alpha value is -3.36. The van der Waals surface area contributed by atoms with Crippen LogP contribution < -0.4 is 11.1 Å². The van der Waals surface area contributed by atoms with Crippen molar-refractivity contribution in [1.82, 2.24) is 5.32 Å². The second kappa shape index (κ2) is 9.06. The van der Waals surface area contributed by atoms with E-state index in [1.807, 2.05) is 36.4 Å². The highest BCUT2D eigenvalue weighted by Gasteiger charge is 2.18. The number of nitrogens with two attached hydrogens (primary N) is 1. The van der Waals surface area contributed by atoms with Gasteiger partial charge in [-0.1, -0.05) is 42.2 Å². The number of amides is 1. The van der Waals surface area contributed by atoms with Gasteiger partial charge in [0, 0.05) is 17.7 Å². The van der Waals surface area contributed by atoms with E-state index >= 15 is 0 Å². The van der Waals surface area contributed by atoms with Gasteiger partial charge in [0.1, 0.15) is 6.04 Å². The van der Waals surface area contributed by atoms with Gasteiger partial charge in [0.15, 0.2) is 0 Å². The molecule has 0 aromatic heterocycles. The molecule has 2 rings (SSSR count).